The van der Waals surface area contributed by atoms with Crippen LogP contribution in [0.15, 0.2) is 0 Å². The Bertz CT molecular complexity index is 187. The lowest BCUT2D eigenvalue weighted by molar-refractivity contribution is 0.434. The van der Waals surface area contributed by atoms with Crippen molar-refractivity contribution in [1.29, 1.82) is 0 Å². The van der Waals surface area contributed by atoms with Gasteiger partial charge in [0.25, 0.3) is 7.65 Å². The van der Waals surface area contributed by atoms with Crippen molar-refractivity contribution in [1.82, 2.24) is 0 Å². The van der Waals surface area contributed by atoms with Crippen molar-refractivity contribution in [2.45, 2.75) is 6.55 Å². The molecule has 13 heteroatoms. The van der Waals surface area contributed by atoms with E-state index in [4.69, 9.17) is 4.43 Å². The van der Waals surface area contributed by atoms with Gasteiger partial charge in [0.1, 0.15) is 0 Å². The summed E-state index contributed by atoms with van der Waals surface area (Å²) in [5.41, 5.74) is 0. The Morgan fingerprint density at radius 1 is 1.07 bits per heavy atom. The van der Waals surface area contributed by atoms with Gasteiger partial charge in [-0.2, -0.15) is 0 Å². The van der Waals surface area contributed by atoms with Crippen LogP contribution in [0.3, 0.4) is 0 Å². The maximum absolute atomic E-state index is 6.02. The summed E-state index contributed by atoms with van der Waals surface area (Å²) in [6.07, 6.45) is 0. The molecule has 0 aliphatic carbocycles. The van der Waals surface area contributed by atoms with E-state index < -0.39 is 7.65 Å². The maximum Gasteiger partial charge on any atom is 0.258 e. The van der Waals surface area contributed by atoms with Gasteiger partial charge in [-0.3, -0.25) is 0 Å². The lowest BCUT2D eigenvalue weighted by atomic mass is 11.8. The minimum Gasteiger partial charge on any atom is -0.410 e. The summed E-state index contributed by atoms with van der Waals surface area (Å²) in [6.45, 7) is 2.45. The average molecular weight is 428 g/mol. The lowest BCUT2D eigenvalue weighted by Crippen LogP contribution is -2.24. The highest BCUT2D eigenvalue weighted by atomic mass is 33.0. The summed E-state index contributed by atoms with van der Waals surface area (Å²) in [4.78, 5) is 0. The van der Waals surface area contributed by atoms with E-state index in [9.17, 15) is 0 Å². The van der Waals surface area contributed by atoms with E-state index in [0.29, 0.717) is 0 Å². The van der Waals surface area contributed by atoms with E-state index in [0.717, 1.165) is 7.96 Å². The minimum atomic E-state index is -1.52. The van der Waals surface area contributed by atoms with Gasteiger partial charge in [-0.05, 0) is 34.2 Å². The summed E-state index contributed by atoms with van der Waals surface area (Å²) in [5.74, 6) is 0. The van der Waals surface area contributed by atoms with Gasteiger partial charge in [0, 0.05) is 7.11 Å². The van der Waals surface area contributed by atoms with Crippen molar-refractivity contribution in [2.75, 3.05) is 7.11 Å². The second kappa shape index (κ2) is 9.77. The molecule has 0 aromatic carbocycles. The number of hydrogen-bond donors (Lipinski definition) is 0. The fraction of sp³-hybridized carbons (Fsp3) is 1.00. The van der Waals surface area contributed by atoms with Crippen molar-refractivity contribution >= 4 is 96.8 Å². The molecular formula is C2H19OP11Si. The van der Waals surface area contributed by atoms with Crippen molar-refractivity contribution in [3.63, 3.8) is 0 Å². The van der Waals surface area contributed by atoms with Crippen LogP contribution in [-0.4, -0.2) is 14.8 Å². The molecule has 0 bridgehead atoms. The normalized spacial score (nSPS) is 21.2. The molecule has 0 fully saturated rings. The molecule has 0 rings (SSSR count). The van der Waals surface area contributed by atoms with Gasteiger partial charge in [0.15, 0.2) is 0 Å². The predicted octanol–water partition coefficient (Wildman–Crippen LogP) is 6.29. The third kappa shape index (κ3) is 6.04. The predicted molar refractivity (Wildman–Crippen MR) is 113 cm³/mol. The maximum atomic E-state index is 6.02. The first-order valence-corrected chi connectivity index (χ1v) is 26.4. The smallest absolute Gasteiger partial charge is 0.258 e. The highest BCUT2D eigenvalue weighted by Crippen LogP contribution is 3.00. The van der Waals surface area contributed by atoms with Gasteiger partial charge in [0.2, 0.25) is 0 Å². The van der Waals surface area contributed by atoms with Crippen LogP contribution in [0.4, 0.5) is 0 Å². The molecule has 92 valence electrons. The molecule has 0 aliphatic heterocycles. The van der Waals surface area contributed by atoms with Crippen LogP contribution in [0.25, 0.3) is 0 Å². The molecule has 0 aliphatic rings. The third-order valence-corrected chi connectivity index (χ3v) is 83.8. The summed E-state index contributed by atoms with van der Waals surface area (Å²) in [6, 6.07) is 0. The molecule has 0 radical (unpaired) electrons. The molecule has 0 aromatic heterocycles. The van der Waals surface area contributed by atoms with E-state index in [1.165, 1.54) is 0 Å². The summed E-state index contributed by atoms with van der Waals surface area (Å²) in [5, 5.41) is 0. The average Bonchev–Trinajstić information content (AvgIpc) is 2.16. The Kier molecular flexibility index (Phi) is 13.0. The number of rotatable bonds is 6. The van der Waals surface area contributed by atoms with Gasteiger partial charge in [-0.1, -0.05) is 7.96 Å². The molecule has 0 N–H and O–H groups in total. The Labute approximate surface area is 114 Å². The van der Waals surface area contributed by atoms with Crippen molar-refractivity contribution in [3.8, 4) is 0 Å². The van der Waals surface area contributed by atoms with E-state index in [1.54, 1.807) is 0 Å². The van der Waals surface area contributed by atoms with E-state index >= 15 is 0 Å². The molecule has 15 heavy (non-hydrogen) atoms. The third-order valence-electron chi connectivity index (χ3n) is 1.81. The Morgan fingerprint density at radius 3 is 1.73 bits per heavy atom. The summed E-state index contributed by atoms with van der Waals surface area (Å²) >= 11 is 0. The number of hydrogen-bond acceptors (Lipinski definition) is 1. The van der Waals surface area contributed by atoms with Crippen LogP contribution in [0.1, 0.15) is 0 Å². The highest BCUT2D eigenvalue weighted by Gasteiger charge is 2.45. The monoisotopic (exact) mass is 428 g/mol. The molecule has 0 saturated heterocycles. The van der Waals surface area contributed by atoms with Gasteiger partial charge in [-0.25, -0.2) is 0 Å². The molecule has 10 unspecified atom stereocenters. The molecule has 10 atom stereocenters. The Balaban J connectivity index is 4.95. The van der Waals surface area contributed by atoms with Crippen LogP contribution in [-0.2, 0) is 4.43 Å². The van der Waals surface area contributed by atoms with Crippen molar-refractivity contribution in [2.24, 2.45) is 0 Å². The van der Waals surface area contributed by atoms with E-state index in [1.807, 2.05) is 7.11 Å². The SMILES string of the molecule is CO[Si](C)(P(P)P(P)P)P(PP)P(P)P. The molecule has 1 nitrogen and oxygen atoms in total. The fourth-order valence-corrected chi connectivity index (χ4v) is 110. The lowest BCUT2D eigenvalue weighted by Gasteiger charge is -2.41. The van der Waals surface area contributed by atoms with Gasteiger partial charge < -0.3 is 4.43 Å². The zero-order valence-electron chi connectivity index (χ0n) is 8.66. The first-order chi connectivity index (χ1) is 6.81. The molecule has 0 heterocycles. The summed E-state index contributed by atoms with van der Waals surface area (Å²) in [7, 11) is 19.4. The van der Waals surface area contributed by atoms with Crippen molar-refractivity contribution < 1.29 is 4.43 Å². The Morgan fingerprint density at radius 2 is 1.53 bits per heavy atom. The molecule has 0 saturated carbocycles. The van der Waals surface area contributed by atoms with Gasteiger partial charge >= 0.3 is 0 Å². The molecule has 0 spiro atoms. The quantitative estimate of drug-likeness (QED) is 0.357. The van der Waals surface area contributed by atoms with Gasteiger partial charge in [0.05, 0.1) is 0 Å². The highest BCUT2D eigenvalue weighted by molar-refractivity contribution is 9.03. The standard InChI is InChI=1S/C2H19OP11Si/c1-3-15(2,13(9)11(5)6)14(10-4)12(7)8/h10H,4-9H2,1-2H3. The molecule has 0 aromatic rings. The van der Waals surface area contributed by atoms with Crippen LogP contribution in [0, 0.1) is 0 Å². The van der Waals surface area contributed by atoms with Gasteiger partial charge in [-0.15, -0.1) is 53.6 Å². The summed E-state index contributed by atoms with van der Waals surface area (Å²) < 4.78 is 6.02. The van der Waals surface area contributed by atoms with Crippen LogP contribution in [0.5, 0.6) is 0 Å². The van der Waals surface area contributed by atoms with Crippen LogP contribution < -0.4 is 0 Å². The largest absolute Gasteiger partial charge is 0.410 e. The van der Waals surface area contributed by atoms with E-state index in [-0.39, 0.29) is 27.7 Å². The molecular weight excluding hydrogens is 409 g/mol. The topological polar surface area (TPSA) is 9.23 Å². The second-order valence-corrected chi connectivity index (χ2v) is 51.3. The fourth-order valence-electron chi connectivity index (χ4n) is 0.892. The minimum absolute atomic E-state index is 0.00609. The van der Waals surface area contributed by atoms with Crippen LogP contribution >= 0.6 is 89.2 Å². The van der Waals surface area contributed by atoms with Crippen LogP contribution in [0.2, 0.25) is 6.55 Å². The zero-order valence-corrected chi connectivity index (χ0v) is 21.2. The van der Waals surface area contributed by atoms with Crippen molar-refractivity contribution in [3.05, 3.63) is 0 Å². The Hall–Kier alpha value is 4.91. The second-order valence-electron chi connectivity index (χ2n) is 2.68. The zero-order chi connectivity index (χ0) is 12.2. The first-order valence-electron chi connectivity index (χ1n) is 3.76. The van der Waals surface area contributed by atoms with E-state index in [2.05, 4.69) is 60.1 Å². The molecule has 0 amide bonds. The first kappa shape index (κ1) is 19.9.